The number of carboxylic acid groups (broad SMARTS) is 1. The van der Waals surface area contributed by atoms with Gasteiger partial charge >= 0.3 is 12.0 Å². The Morgan fingerprint density at radius 1 is 1.35 bits per heavy atom. The van der Waals surface area contributed by atoms with Crippen LogP contribution in [0.15, 0.2) is 0 Å². The number of hydrogen-bond donors (Lipinski definition) is 3. The Bertz CT molecular complexity index is 361. The van der Waals surface area contributed by atoms with E-state index in [-0.39, 0.29) is 24.9 Å². The summed E-state index contributed by atoms with van der Waals surface area (Å²) in [6, 6.07) is -0.681. The molecular formula is C12H21N3O5. The zero-order valence-electron chi connectivity index (χ0n) is 11.6. The normalized spacial score (nSPS) is 17.9. The van der Waals surface area contributed by atoms with E-state index < -0.39 is 12.0 Å². The minimum Gasteiger partial charge on any atom is -0.481 e. The van der Waals surface area contributed by atoms with Crippen LogP contribution >= 0.6 is 0 Å². The number of nitrogens with zero attached hydrogens (tertiary/aromatic N) is 1. The summed E-state index contributed by atoms with van der Waals surface area (Å²) in [6.07, 6.45) is 1.40. The summed E-state index contributed by atoms with van der Waals surface area (Å²) in [6.45, 7) is 1.19. The molecule has 3 N–H and O–H groups in total. The molecule has 20 heavy (non-hydrogen) atoms. The molecular weight excluding hydrogens is 266 g/mol. The van der Waals surface area contributed by atoms with Crippen LogP contribution in [0, 0.1) is 0 Å². The van der Waals surface area contributed by atoms with Gasteiger partial charge in [0, 0.05) is 26.2 Å². The molecule has 0 saturated carbocycles. The van der Waals surface area contributed by atoms with Gasteiger partial charge in [0.2, 0.25) is 5.91 Å². The van der Waals surface area contributed by atoms with E-state index in [2.05, 4.69) is 10.6 Å². The van der Waals surface area contributed by atoms with Crippen molar-refractivity contribution in [3.8, 4) is 0 Å². The van der Waals surface area contributed by atoms with E-state index in [1.807, 2.05) is 0 Å². The Labute approximate surface area is 117 Å². The molecule has 3 amide bonds. The monoisotopic (exact) mass is 287 g/mol. The van der Waals surface area contributed by atoms with Gasteiger partial charge in [-0.15, -0.1) is 0 Å². The second-order valence-corrected chi connectivity index (χ2v) is 4.59. The number of carboxylic acids is 1. The molecule has 114 valence electrons. The molecule has 8 heteroatoms. The number of nitrogens with one attached hydrogen (secondary N) is 2. The van der Waals surface area contributed by atoms with E-state index in [4.69, 9.17) is 9.84 Å². The Morgan fingerprint density at radius 3 is 2.75 bits per heavy atom. The molecule has 0 bridgehead atoms. The summed E-state index contributed by atoms with van der Waals surface area (Å²) < 4.78 is 4.78. The standard InChI is InChI=1S/C12H21N3O5/c1-20-6-4-13-10(16)8-14-12(19)15-5-2-3-9(15)7-11(17)18/h9H,2-8H2,1H3,(H,13,16)(H,14,19)(H,17,18). The van der Waals surface area contributed by atoms with Crippen molar-refractivity contribution < 1.29 is 24.2 Å². The van der Waals surface area contributed by atoms with Crippen molar-refractivity contribution in [3.05, 3.63) is 0 Å². The molecule has 1 fully saturated rings. The summed E-state index contributed by atoms with van der Waals surface area (Å²) >= 11 is 0. The number of ether oxygens (including phenoxy) is 1. The summed E-state index contributed by atoms with van der Waals surface area (Å²) in [4.78, 5) is 35.5. The van der Waals surface area contributed by atoms with Crippen LogP contribution in [0.4, 0.5) is 4.79 Å². The van der Waals surface area contributed by atoms with Crippen molar-refractivity contribution in [1.29, 1.82) is 0 Å². The number of carbonyl (C=O) groups is 3. The average Bonchev–Trinajstić information content (AvgIpc) is 2.83. The summed E-state index contributed by atoms with van der Waals surface area (Å²) in [5, 5.41) is 13.9. The highest BCUT2D eigenvalue weighted by Gasteiger charge is 2.30. The lowest BCUT2D eigenvalue weighted by molar-refractivity contribution is -0.138. The summed E-state index contributed by atoms with van der Waals surface area (Å²) in [5.41, 5.74) is 0. The maximum atomic E-state index is 11.9. The average molecular weight is 287 g/mol. The number of carbonyl (C=O) groups excluding carboxylic acids is 2. The van der Waals surface area contributed by atoms with Gasteiger partial charge in [0.05, 0.1) is 19.6 Å². The van der Waals surface area contributed by atoms with Gasteiger partial charge in [0.25, 0.3) is 0 Å². The van der Waals surface area contributed by atoms with Crippen molar-refractivity contribution in [1.82, 2.24) is 15.5 Å². The van der Waals surface area contributed by atoms with Crippen LogP contribution in [0.25, 0.3) is 0 Å². The number of aliphatic carboxylic acids is 1. The van der Waals surface area contributed by atoms with Crippen molar-refractivity contribution >= 4 is 17.9 Å². The molecule has 0 radical (unpaired) electrons. The van der Waals surface area contributed by atoms with Crippen molar-refractivity contribution in [3.63, 3.8) is 0 Å². The van der Waals surface area contributed by atoms with Crippen LogP contribution in [0.1, 0.15) is 19.3 Å². The van der Waals surface area contributed by atoms with Gasteiger partial charge in [0.1, 0.15) is 0 Å². The van der Waals surface area contributed by atoms with E-state index in [1.165, 1.54) is 12.0 Å². The molecule has 1 saturated heterocycles. The van der Waals surface area contributed by atoms with Crippen LogP contribution in [0.5, 0.6) is 0 Å². The lowest BCUT2D eigenvalue weighted by atomic mass is 10.1. The lowest BCUT2D eigenvalue weighted by Crippen LogP contribution is -2.47. The third-order valence-electron chi connectivity index (χ3n) is 3.08. The minimum absolute atomic E-state index is 0.0620. The highest BCUT2D eigenvalue weighted by Crippen LogP contribution is 2.19. The van der Waals surface area contributed by atoms with Gasteiger partial charge < -0.3 is 25.4 Å². The molecule has 8 nitrogen and oxygen atoms in total. The molecule has 0 aliphatic carbocycles. The third-order valence-corrected chi connectivity index (χ3v) is 3.08. The maximum absolute atomic E-state index is 11.9. The van der Waals surface area contributed by atoms with Gasteiger partial charge in [-0.1, -0.05) is 0 Å². The molecule has 1 rings (SSSR count). The number of amides is 3. The van der Waals surface area contributed by atoms with E-state index in [0.717, 1.165) is 6.42 Å². The van der Waals surface area contributed by atoms with Gasteiger partial charge in [-0.2, -0.15) is 0 Å². The van der Waals surface area contributed by atoms with Crippen LogP contribution in [-0.4, -0.2) is 67.3 Å². The predicted octanol–water partition coefficient (Wildman–Crippen LogP) is -0.602. The quantitative estimate of drug-likeness (QED) is 0.542. The van der Waals surface area contributed by atoms with Gasteiger partial charge in [-0.25, -0.2) is 4.79 Å². The number of likely N-dealkylation sites (tertiary alicyclic amines) is 1. The van der Waals surface area contributed by atoms with Crippen LogP contribution in [0.3, 0.4) is 0 Å². The largest absolute Gasteiger partial charge is 0.481 e. The van der Waals surface area contributed by atoms with Gasteiger partial charge in [-0.3, -0.25) is 9.59 Å². The van der Waals surface area contributed by atoms with Crippen molar-refractivity contribution in [2.75, 3.05) is 33.4 Å². The van der Waals surface area contributed by atoms with Crippen molar-refractivity contribution in [2.24, 2.45) is 0 Å². The lowest BCUT2D eigenvalue weighted by Gasteiger charge is -2.23. The number of hydrogen-bond acceptors (Lipinski definition) is 4. The number of rotatable bonds is 7. The SMILES string of the molecule is COCCNC(=O)CNC(=O)N1CCCC1CC(=O)O. The number of urea groups is 1. The van der Waals surface area contributed by atoms with E-state index in [1.54, 1.807) is 0 Å². The van der Waals surface area contributed by atoms with Gasteiger partial charge in [-0.05, 0) is 12.8 Å². The zero-order valence-corrected chi connectivity index (χ0v) is 11.6. The van der Waals surface area contributed by atoms with E-state index in [0.29, 0.717) is 26.1 Å². The highest BCUT2D eigenvalue weighted by molar-refractivity contribution is 5.84. The topological polar surface area (TPSA) is 108 Å². The first-order chi connectivity index (χ1) is 9.54. The van der Waals surface area contributed by atoms with Crippen molar-refractivity contribution in [2.45, 2.75) is 25.3 Å². The van der Waals surface area contributed by atoms with Crippen LogP contribution in [0.2, 0.25) is 0 Å². The van der Waals surface area contributed by atoms with Gasteiger partial charge in [0.15, 0.2) is 0 Å². The first-order valence-corrected chi connectivity index (χ1v) is 6.56. The first-order valence-electron chi connectivity index (χ1n) is 6.56. The molecule has 1 unspecified atom stereocenters. The maximum Gasteiger partial charge on any atom is 0.318 e. The fourth-order valence-electron chi connectivity index (χ4n) is 2.13. The fraction of sp³-hybridized carbons (Fsp3) is 0.750. The van der Waals surface area contributed by atoms with E-state index in [9.17, 15) is 14.4 Å². The smallest absolute Gasteiger partial charge is 0.318 e. The molecule has 1 heterocycles. The zero-order chi connectivity index (χ0) is 15.0. The second-order valence-electron chi connectivity index (χ2n) is 4.59. The molecule has 1 aliphatic heterocycles. The van der Waals surface area contributed by atoms with E-state index >= 15 is 0 Å². The highest BCUT2D eigenvalue weighted by atomic mass is 16.5. The van der Waals surface area contributed by atoms with Crippen LogP contribution in [-0.2, 0) is 14.3 Å². The first kappa shape index (κ1) is 16.2. The Kier molecular flexibility index (Phi) is 6.78. The predicted molar refractivity (Wildman–Crippen MR) is 70.3 cm³/mol. The summed E-state index contributed by atoms with van der Waals surface area (Å²) in [7, 11) is 1.53. The number of methoxy groups -OCH3 is 1. The van der Waals surface area contributed by atoms with Crippen LogP contribution < -0.4 is 10.6 Å². The molecule has 1 aliphatic rings. The molecule has 1 atom stereocenters. The summed E-state index contributed by atoms with van der Waals surface area (Å²) in [5.74, 6) is -1.23. The molecule has 0 aromatic rings. The molecule has 0 aromatic heterocycles. The Morgan fingerprint density at radius 2 is 2.10 bits per heavy atom. The minimum atomic E-state index is -0.924. The second kappa shape index (κ2) is 8.36. The Balaban J connectivity index is 2.30. The Hall–Kier alpha value is -1.83. The molecule has 0 spiro atoms. The third kappa shape index (κ3) is 5.43. The molecule has 0 aromatic carbocycles. The fourth-order valence-corrected chi connectivity index (χ4v) is 2.13.